The molecule has 0 bridgehead atoms. The molecule has 0 saturated heterocycles. The smallest absolute Gasteiger partial charge is 0.340 e. The summed E-state index contributed by atoms with van der Waals surface area (Å²) >= 11 is 0. The van der Waals surface area contributed by atoms with Crippen LogP contribution in [-0.4, -0.2) is 24.6 Å². The first-order chi connectivity index (χ1) is 9.10. The van der Waals surface area contributed by atoms with Gasteiger partial charge in [0.25, 0.3) is 0 Å². The van der Waals surface area contributed by atoms with E-state index >= 15 is 0 Å². The average Bonchev–Trinajstić information content (AvgIpc) is 2.83. The minimum absolute atomic E-state index is 0.340. The number of rotatable bonds is 4. The molecular weight excluding hydrogens is 242 g/mol. The maximum Gasteiger partial charge on any atom is 0.340 e. The van der Waals surface area contributed by atoms with E-state index < -0.39 is 5.97 Å². The number of anilines is 2. The monoisotopic (exact) mass is 263 g/mol. The molecule has 1 saturated carbocycles. The standard InChI is InChI=1S/C14H21N3O2/c1-9-3-4-10(5-9)7-16-13-6-11(14(18)19-2)12(15)8-17-13/h6,8-10H,3-5,7,15H2,1-2H3,(H,16,17). The number of aromatic nitrogens is 1. The zero-order chi connectivity index (χ0) is 13.8. The Kier molecular flexibility index (Phi) is 4.24. The summed E-state index contributed by atoms with van der Waals surface area (Å²) in [7, 11) is 1.34. The number of nitrogens with zero attached hydrogens (tertiary/aromatic N) is 1. The summed E-state index contributed by atoms with van der Waals surface area (Å²) < 4.78 is 4.69. The molecule has 0 amide bonds. The van der Waals surface area contributed by atoms with Crippen LogP contribution in [0.15, 0.2) is 12.3 Å². The maximum absolute atomic E-state index is 11.5. The first-order valence-corrected chi connectivity index (χ1v) is 6.68. The van der Waals surface area contributed by atoms with Crippen LogP contribution in [0.25, 0.3) is 0 Å². The molecule has 0 aliphatic heterocycles. The minimum atomic E-state index is -0.433. The zero-order valence-electron chi connectivity index (χ0n) is 11.5. The Labute approximate surface area is 113 Å². The van der Waals surface area contributed by atoms with Gasteiger partial charge in [0.2, 0.25) is 0 Å². The maximum atomic E-state index is 11.5. The predicted octanol–water partition coefficient (Wildman–Crippen LogP) is 2.30. The second-order valence-corrected chi connectivity index (χ2v) is 5.31. The van der Waals surface area contributed by atoms with Crippen molar-refractivity contribution >= 4 is 17.5 Å². The van der Waals surface area contributed by atoms with Crippen molar-refractivity contribution in [3.05, 3.63) is 17.8 Å². The van der Waals surface area contributed by atoms with Crippen molar-refractivity contribution < 1.29 is 9.53 Å². The van der Waals surface area contributed by atoms with Crippen molar-refractivity contribution in [3.63, 3.8) is 0 Å². The summed E-state index contributed by atoms with van der Waals surface area (Å²) in [4.78, 5) is 15.7. The van der Waals surface area contributed by atoms with Gasteiger partial charge in [-0.05, 0) is 30.7 Å². The molecule has 0 radical (unpaired) electrons. The van der Waals surface area contributed by atoms with Gasteiger partial charge in [-0.3, -0.25) is 0 Å². The first-order valence-electron chi connectivity index (χ1n) is 6.68. The van der Waals surface area contributed by atoms with Gasteiger partial charge >= 0.3 is 5.97 Å². The lowest BCUT2D eigenvalue weighted by atomic mass is 10.1. The Balaban J connectivity index is 1.99. The molecule has 0 aromatic carbocycles. The van der Waals surface area contributed by atoms with E-state index in [1.165, 1.54) is 32.6 Å². The molecule has 5 heteroatoms. The third-order valence-electron chi connectivity index (χ3n) is 3.72. The lowest BCUT2D eigenvalue weighted by molar-refractivity contribution is 0.0602. The molecule has 2 rings (SSSR count). The molecule has 2 unspecified atom stereocenters. The van der Waals surface area contributed by atoms with Gasteiger partial charge in [-0.25, -0.2) is 9.78 Å². The molecule has 3 N–H and O–H groups in total. The summed E-state index contributed by atoms with van der Waals surface area (Å²) in [6.45, 7) is 3.18. The van der Waals surface area contributed by atoms with Gasteiger partial charge in [-0.1, -0.05) is 13.3 Å². The van der Waals surface area contributed by atoms with E-state index in [1.807, 2.05) is 0 Å². The number of hydrogen-bond donors (Lipinski definition) is 2. The van der Waals surface area contributed by atoms with Crippen LogP contribution in [0.3, 0.4) is 0 Å². The molecule has 1 heterocycles. The SMILES string of the molecule is COC(=O)c1cc(NCC2CCC(C)C2)ncc1N. The minimum Gasteiger partial charge on any atom is -0.465 e. The molecule has 1 fully saturated rings. The van der Waals surface area contributed by atoms with Crippen molar-refractivity contribution in [1.82, 2.24) is 4.98 Å². The fraction of sp³-hybridized carbons (Fsp3) is 0.571. The summed E-state index contributed by atoms with van der Waals surface area (Å²) in [6.07, 6.45) is 5.31. The number of pyridine rings is 1. The van der Waals surface area contributed by atoms with Crippen molar-refractivity contribution in [2.45, 2.75) is 26.2 Å². The number of hydrogen-bond acceptors (Lipinski definition) is 5. The van der Waals surface area contributed by atoms with Gasteiger partial charge in [0.1, 0.15) is 5.82 Å². The number of methoxy groups -OCH3 is 1. The molecule has 1 aromatic heterocycles. The van der Waals surface area contributed by atoms with Gasteiger partial charge < -0.3 is 15.8 Å². The molecule has 5 nitrogen and oxygen atoms in total. The summed E-state index contributed by atoms with van der Waals surface area (Å²) in [5, 5.41) is 3.28. The number of nitrogens with two attached hydrogens (primary N) is 1. The van der Waals surface area contributed by atoms with Gasteiger partial charge in [0.15, 0.2) is 0 Å². The largest absolute Gasteiger partial charge is 0.465 e. The molecule has 1 aliphatic carbocycles. The Morgan fingerprint density at radius 2 is 2.37 bits per heavy atom. The van der Waals surface area contributed by atoms with Crippen LogP contribution in [0, 0.1) is 11.8 Å². The quantitative estimate of drug-likeness (QED) is 0.815. The van der Waals surface area contributed by atoms with Gasteiger partial charge in [-0.15, -0.1) is 0 Å². The van der Waals surface area contributed by atoms with Crippen LogP contribution in [0.5, 0.6) is 0 Å². The Bertz CT molecular complexity index is 462. The summed E-state index contributed by atoms with van der Waals surface area (Å²) in [5.74, 6) is 1.75. The topological polar surface area (TPSA) is 77.2 Å². The number of esters is 1. The number of ether oxygens (including phenoxy) is 1. The van der Waals surface area contributed by atoms with Crippen LogP contribution in [0.4, 0.5) is 11.5 Å². The Morgan fingerprint density at radius 1 is 1.58 bits per heavy atom. The van der Waals surface area contributed by atoms with Crippen molar-refractivity contribution in [3.8, 4) is 0 Å². The highest BCUT2D eigenvalue weighted by molar-refractivity contribution is 5.95. The summed E-state index contributed by atoms with van der Waals surface area (Å²) in [6, 6.07) is 1.65. The van der Waals surface area contributed by atoms with E-state index in [9.17, 15) is 4.79 Å². The Hall–Kier alpha value is -1.78. The van der Waals surface area contributed by atoms with Crippen LogP contribution < -0.4 is 11.1 Å². The van der Waals surface area contributed by atoms with Crippen molar-refractivity contribution in [1.29, 1.82) is 0 Å². The molecular formula is C14H21N3O2. The van der Waals surface area contributed by atoms with Crippen LogP contribution >= 0.6 is 0 Å². The molecule has 104 valence electrons. The van der Waals surface area contributed by atoms with Crippen LogP contribution in [0.1, 0.15) is 36.5 Å². The summed E-state index contributed by atoms with van der Waals surface area (Å²) in [5.41, 5.74) is 6.41. The van der Waals surface area contributed by atoms with E-state index in [0.717, 1.165) is 12.5 Å². The third-order valence-corrected chi connectivity index (χ3v) is 3.72. The second kappa shape index (κ2) is 5.91. The highest BCUT2D eigenvalue weighted by Gasteiger charge is 2.21. The van der Waals surface area contributed by atoms with Gasteiger partial charge in [0, 0.05) is 6.54 Å². The lowest BCUT2D eigenvalue weighted by Gasteiger charge is -2.12. The molecule has 2 atom stereocenters. The second-order valence-electron chi connectivity index (χ2n) is 5.31. The highest BCUT2D eigenvalue weighted by Crippen LogP contribution is 2.30. The van der Waals surface area contributed by atoms with Crippen LogP contribution in [0.2, 0.25) is 0 Å². The van der Waals surface area contributed by atoms with E-state index in [4.69, 9.17) is 5.73 Å². The number of nitrogen functional groups attached to an aromatic ring is 1. The third kappa shape index (κ3) is 3.36. The van der Waals surface area contributed by atoms with Crippen molar-refractivity contribution in [2.75, 3.05) is 24.7 Å². The Morgan fingerprint density at radius 3 is 3.00 bits per heavy atom. The normalized spacial score (nSPS) is 22.2. The molecule has 1 aromatic rings. The molecule has 0 spiro atoms. The molecule has 1 aliphatic rings. The molecule has 19 heavy (non-hydrogen) atoms. The van der Waals surface area contributed by atoms with Gasteiger partial charge in [0.05, 0.1) is 24.6 Å². The predicted molar refractivity (Wildman–Crippen MR) is 75.0 cm³/mol. The van der Waals surface area contributed by atoms with Crippen molar-refractivity contribution in [2.24, 2.45) is 11.8 Å². The van der Waals surface area contributed by atoms with E-state index in [1.54, 1.807) is 6.07 Å². The average molecular weight is 263 g/mol. The zero-order valence-corrected chi connectivity index (χ0v) is 11.5. The van der Waals surface area contributed by atoms with E-state index in [-0.39, 0.29) is 0 Å². The van der Waals surface area contributed by atoms with E-state index in [0.29, 0.717) is 23.0 Å². The van der Waals surface area contributed by atoms with E-state index in [2.05, 4.69) is 22.0 Å². The van der Waals surface area contributed by atoms with Crippen LogP contribution in [-0.2, 0) is 4.74 Å². The fourth-order valence-electron chi connectivity index (χ4n) is 2.61. The van der Waals surface area contributed by atoms with Gasteiger partial charge in [-0.2, -0.15) is 0 Å². The number of carbonyl (C=O) groups excluding carboxylic acids is 1. The fourth-order valence-corrected chi connectivity index (χ4v) is 2.61. The number of carbonyl (C=O) groups is 1. The highest BCUT2D eigenvalue weighted by atomic mass is 16.5. The first kappa shape index (κ1) is 13.6. The number of nitrogens with one attached hydrogen (secondary N) is 1. The lowest BCUT2D eigenvalue weighted by Crippen LogP contribution is -2.14.